The zero-order valence-electron chi connectivity index (χ0n) is 13.1. The van der Waals surface area contributed by atoms with Crippen LogP contribution in [0.15, 0.2) is 18.2 Å². The molecule has 6 nitrogen and oxygen atoms in total. The van der Waals surface area contributed by atoms with E-state index in [1.54, 1.807) is 25.1 Å². The molecule has 0 N–H and O–H groups in total. The number of hydrogen-bond donors (Lipinski definition) is 0. The van der Waals surface area contributed by atoms with Crippen LogP contribution in [0.5, 0.6) is 17.2 Å². The van der Waals surface area contributed by atoms with E-state index in [0.29, 0.717) is 17.2 Å². The molecule has 120 valence electrons. The topological polar surface area (TPSA) is 51.2 Å². The van der Waals surface area contributed by atoms with E-state index in [9.17, 15) is 4.79 Å². The molecule has 1 atom stereocenters. The van der Waals surface area contributed by atoms with Crippen LogP contribution in [0.1, 0.15) is 13.8 Å². The zero-order valence-corrected chi connectivity index (χ0v) is 13.1. The Morgan fingerprint density at radius 1 is 1.23 bits per heavy atom. The number of carbonyl (C=O) groups excluding carboxylic acids is 1. The molecule has 1 amide bonds. The summed E-state index contributed by atoms with van der Waals surface area (Å²) in [6, 6.07) is 5.36. The van der Waals surface area contributed by atoms with Crippen LogP contribution in [-0.4, -0.2) is 61.3 Å². The Bertz CT molecular complexity index is 541. The molecule has 2 aliphatic heterocycles. The van der Waals surface area contributed by atoms with Gasteiger partial charge in [-0.3, -0.25) is 4.79 Å². The van der Waals surface area contributed by atoms with Gasteiger partial charge in [0.05, 0.1) is 0 Å². The average molecular weight is 306 g/mol. The van der Waals surface area contributed by atoms with E-state index in [-0.39, 0.29) is 12.7 Å². The first-order valence-corrected chi connectivity index (χ1v) is 7.75. The number of likely N-dealkylation sites (N-methyl/N-ethyl adjacent to an activating group) is 1. The molecule has 0 saturated carbocycles. The summed E-state index contributed by atoms with van der Waals surface area (Å²) in [6.45, 7) is 8.59. The molecule has 0 spiro atoms. The van der Waals surface area contributed by atoms with E-state index >= 15 is 0 Å². The minimum atomic E-state index is -0.506. The van der Waals surface area contributed by atoms with Crippen molar-refractivity contribution in [1.29, 1.82) is 0 Å². The molecule has 22 heavy (non-hydrogen) atoms. The highest BCUT2D eigenvalue weighted by molar-refractivity contribution is 5.81. The number of fused-ring (bicyclic) bond motifs is 1. The third kappa shape index (κ3) is 3.11. The van der Waals surface area contributed by atoms with Crippen LogP contribution in [0.4, 0.5) is 0 Å². The Kier molecular flexibility index (Phi) is 4.38. The zero-order chi connectivity index (χ0) is 15.5. The van der Waals surface area contributed by atoms with E-state index < -0.39 is 6.10 Å². The van der Waals surface area contributed by atoms with Gasteiger partial charge in [-0.25, -0.2) is 0 Å². The second-order valence-corrected chi connectivity index (χ2v) is 5.53. The predicted octanol–water partition coefficient (Wildman–Crippen LogP) is 1.35. The van der Waals surface area contributed by atoms with Gasteiger partial charge in [0.2, 0.25) is 6.79 Å². The van der Waals surface area contributed by atoms with Crippen LogP contribution in [0.3, 0.4) is 0 Å². The molecule has 0 radical (unpaired) electrons. The molecule has 6 heteroatoms. The summed E-state index contributed by atoms with van der Waals surface area (Å²) in [5, 5.41) is 0. The Balaban J connectivity index is 1.57. The van der Waals surface area contributed by atoms with Crippen molar-refractivity contribution >= 4 is 5.91 Å². The van der Waals surface area contributed by atoms with E-state index in [1.807, 2.05) is 4.90 Å². The maximum absolute atomic E-state index is 12.5. The van der Waals surface area contributed by atoms with E-state index in [4.69, 9.17) is 14.2 Å². The second-order valence-electron chi connectivity index (χ2n) is 5.53. The predicted molar refractivity (Wildman–Crippen MR) is 81.3 cm³/mol. The first kappa shape index (κ1) is 15.0. The minimum absolute atomic E-state index is 0.0356. The van der Waals surface area contributed by atoms with Gasteiger partial charge in [0.15, 0.2) is 17.6 Å². The summed E-state index contributed by atoms with van der Waals surface area (Å²) in [5.41, 5.74) is 0. The number of hydrogen-bond acceptors (Lipinski definition) is 5. The summed E-state index contributed by atoms with van der Waals surface area (Å²) >= 11 is 0. The van der Waals surface area contributed by atoms with Crippen LogP contribution >= 0.6 is 0 Å². The minimum Gasteiger partial charge on any atom is -0.481 e. The van der Waals surface area contributed by atoms with Crippen molar-refractivity contribution in [2.75, 3.05) is 39.5 Å². The highest BCUT2D eigenvalue weighted by Gasteiger charge is 2.26. The van der Waals surface area contributed by atoms with Crippen LogP contribution in [-0.2, 0) is 4.79 Å². The molecule has 1 saturated heterocycles. The van der Waals surface area contributed by atoms with Crippen LogP contribution < -0.4 is 14.2 Å². The molecular weight excluding hydrogens is 284 g/mol. The number of carbonyl (C=O) groups is 1. The summed E-state index contributed by atoms with van der Waals surface area (Å²) in [4.78, 5) is 16.7. The standard InChI is InChI=1S/C16H22N2O4/c1-3-17-6-8-18(9-7-17)16(19)12(2)22-13-4-5-14-15(10-13)21-11-20-14/h4-5,10,12H,3,6-9,11H2,1-2H3/t12-/m1/s1. The Morgan fingerprint density at radius 2 is 1.95 bits per heavy atom. The van der Waals surface area contributed by atoms with Gasteiger partial charge in [0.1, 0.15) is 5.75 Å². The molecule has 0 bridgehead atoms. The maximum atomic E-state index is 12.5. The van der Waals surface area contributed by atoms with Crippen LogP contribution in [0, 0.1) is 0 Å². The number of ether oxygens (including phenoxy) is 3. The molecule has 1 aromatic carbocycles. The van der Waals surface area contributed by atoms with Crippen molar-refractivity contribution in [3.05, 3.63) is 18.2 Å². The largest absolute Gasteiger partial charge is 0.481 e. The molecular formula is C16H22N2O4. The highest BCUT2D eigenvalue weighted by atomic mass is 16.7. The van der Waals surface area contributed by atoms with Crippen LogP contribution in [0.2, 0.25) is 0 Å². The molecule has 2 heterocycles. The lowest BCUT2D eigenvalue weighted by Crippen LogP contribution is -2.51. The van der Waals surface area contributed by atoms with Crippen molar-refractivity contribution in [3.63, 3.8) is 0 Å². The summed E-state index contributed by atoms with van der Waals surface area (Å²) in [6.07, 6.45) is -0.506. The average Bonchev–Trinajstić information content (AvgIpc) is 3.02. The lowest BCUT2D eigenvalue weighted by molar-refractivity contribution is -0.139. The van der Waals surface area contributed by atoms with Gasteiger partial charge < -0.3 is 24.0 Å². The number of piperazine rings is 1. The van der Waals surface area contributed by atoms with Crippen molar-refractivity contribution in [1.82, 2.24) is 9.80 Å². The summed E-state index contributed by atoms with van der Waals surface area (Å²) < 4.78 is 16.4. The highest BCUT2D eigenvalue weighted by Crippen LogP contribution is 2.35. The van der Waals surface area contributed by atoms with Crippen molar-refractivity contribution in [2.24, 2.45) is 0 Å². The quantitative estimate of drug-likeness (QED) is 0.840. The molecule has 2 aliphatic rings. The molecule has 0 aliphatic carbocycles. The van der Waals surface area contributed by atoms with Gasteiger partial charge in [-0.2, -0.15) is 0 Å². The first-order chi connectivity index (χ1) is 10.7. The molecule has 1 fully saturated rings. The normalized spacial score (nSPS) is 19.1. The Hall–Kier alpha value is -1.95. The smallest absolute Gasteiger partial charge is 0.263 e. The molecule has 1 aromatic rings. The molecule has 0 unspecified atom stereocenters. The number of benzene rings is 1. The van der Waals surface area contributed by atoms with Gasteiger partial charge in [0.25, 0.3) is 5.91 Å². The maximum Gasteiger partial charge on any atom is 0.263 e. The van der Waals surface area contributed by atoms with E-state index in [0.717, 1.165) is 32.7 Å². The Labute approximate surface area is 130 Å². The number of rotatable bonds is 4. The van der Waals surface area contributed by atoms with E-state index in [2.05, 4.69) is 11.8 Å². The van der Waals surface area contributed by atoms with Crippen LogP contribution in [0.25, 0.3) is 0 Å². The first-order valence-electron chi connectivity index (χ1n) is 7.75. The van der Waals surface area contributed by atoms with Gasteiger partial charge in [-0.05, 0) is 25.6 Å². The van der Waals surface area contributed by atoms with Gasteiger partial charge in [-0.15, -0.1) is 0 Å². The molecule has 3 rings (SSSR count). The SMILES string of the molecule is CCN1CCN(C(=O)[C@@H](C)Oc2ccc3c(c2)OCO3)CC1. The fourth-order valence-electron chi connectivity index (χ4n) is 2.75. The number of nitrogens with zero attached hydrogens (tertiary/aromatic N) is 2. The third-order valence-corrected chi connectivity index (χ3v) is 4.14. The lowest BCUT2D eigenvalue weighted by Gasteiger charge is -2.35. The summed E-state index contributed by atoms with van der Waals surface area (Å²) in [5.74, 6) is 2.03. The van der Waals surface area contributed by atoms with Crippen molar-refractivity contribution < 1.29 is 19.0 Å². The van der Waals surface area contributed by atoms with Gasteiger partial charge in [0, 0.05) is 32.2 Å². The van der Waals surface area contributed by atoms with E-state index in [1.165, 1.54) is 0 Å². The van der Waals surface area contributed by atoms with Gasteiger partial charge >= 0.3 is 0 Å². The fourth-order valence-corrected chi connectivity index (χ4v) is 2.75. The lowest BCUT2D eigenvalue weighted by atomic mass is 10.2. The van der Waals surface area contributed by atoms with Crippen molar-refractivity contribution in [3.8, 4) is 17.2 Å². The molecule has 0 aromatic heterocycles. The van der Waals surface area contributed by atoms with Crippen molar-refractivity contribution in [2.45, 2.75) is 20.0 Å². The second kappa shape index (κ2) is 6.44. The monoisotopic (exact) mass is 306 g/mol. The Morgan fingerprint density at radius 3 is 2.68 bits per heavy atom. The number of amides is 1. The summed E-state index contributed by atoms with van der Waals surface area (Å²) in [7, 11) is 0. The fraction of sp³-hybridized carbons (Fsp3) is 0.562. The van der Waals surface area contributed by atoms with Gasteiger partial charge in [-0.1, -0.05) is 6.92 Å². The third-order valence-electron chi connectivity index (χ3n) is 4.14.